The van der Waals surface area contributed by atoms with E-state index in [1.54, 1.807) is 0 Å². The molecule has 0 aromatic rings. The van der Waals surface area contributed by atoms with Crippen molar-refractivity contribution in [3.63, 3.8) is 0 Å². The normalized spacial score (nSPS) is 0. The van der Waals surface area contributed by atoms with Gasteiger partial charge in [-0.2, -0.15) is 0 Å². The van der Waals surface area contributed by atoms with Crippen molar-refractivity contribution >= 4 is 23.9 Å². The summed E-state index contributed by atoms with van der Waals surface area (Å²) in [6, 6.07) is 0. The minimum absolute atomic E-state index is 0. The van der Waals surface area contributed by atoms with Gasteiger partial charge in [-0.1, -0.05) is 0 Å². The summed E-state index contributed by atoms with van der Waals surface area (Å²) >= 11 is 0. The maximum absolute atomic E-state index is 0. The topological polar surface area (TPSA) is 35.0 Å². The van der Waals surface area contributed by atoms with Gasteiger partial charge in [-0.25, -0.2) is 0 Å². The van der Waals surface area contributed by atoms with E-state index in [0.717, 1.165) is 0 Å². The summed E-state index contributed by atoms with van der Waals surface area (Å²) in [5.41, 5.74) is 0. The Morgan fingerprint density at radius 1 is 0.375 bits per heavy atom. The number of rotatable bonds is 0. The summed E-state index contributed by atoms with van der Waals surface area (Å²) in [7, 11) is 0. The molecule has 2 radical (unpaired) electrons. The Kier molecular flexibility index (Phi) is 1260000. The first kappa shape index (κ1) is 3910. The van der Waals surface area contributed by atoms with Gasteiger partial charge in [-0.05, 0) is 0 Å². The summed E-state index contributed by atoms with van der Waals surface area (Å²) in [5, 5.41) is 0. The van der Waals surface area contributed by atoms with Gasteiger partial charge in [0.2, 0.25) is 0 Å². The van der Waals surface area contributed by atoms with E-state index in [-0.39, 0.29) is 58.3 Å². The van der Waals surface area contributed by atoms with Crippen LogP contribution >= 0.6 is 0 Å². The molecule has 62 valence electrons. The molecule has 0 rings (SSSR count). The number of halogens is 6. The summed E-state index contributed by atoms with van der Waals surface area (Å²) < 4.78 is 0. The van der Waals surface area contributed by atoms with E-state index in [9.17, 15) is 0 Å². The molecule has 8 heteroatoms. The van der Waals surface area contributed by atoms with Crippen LogP contribution in [0.5, 0.6) is 0 Å². The number of hydrogen-bond donors (Lipinski definition) is 1. The predicted octanol–water partition coefficient (Wildman–Crippen LogP) is 0.161. The third kappa shape index (κ3) is 1570. The zero-order valence-electron chi connectivity index (χ0n) is 3.86. The van der Waals surface area contributed by atoms with Crippen molar-refractivity contribution in [3.05, 3.63) is 0 Å². The molecular weight excluding hydrogens is 247 g/mol. The molecule has 0 aromatic heterocycles. The van der Waals surface area contributed by atoms with Crippen LogP contribution in [0.2, 0.25) is 0 Å². The molecule has 0 atom stereocenters. The van der Waals surface area contributed by atoms with Gasteiger partial charge in [0.1, 0.15) is 0 Å². The SMILES string of the molecule is F.F.F.F.F.F.N.[SnH2]. The molecule has 0 aromatic carbocycles. The Balaban J connectivity index is 0. The fourth-order valence-corrected chi connectivity index (χ4v) is 0. The zero-order chi connectivity index (χ0) is 0. The van der Waals surface area contributed by atoms with Crippen LogP contribution in [0, 0.1) is 0 Å². The van der Waals surface area contributed by atoms with E-state index in [2.05, 4.69) is 0 Å². The summed E-state index contributed by atoms with van der Waals surface area (Å²) in [5.74, 6) is 0. The van der Waals surface area contributed by atoms with E-state index >= 15 is 0 Å². The standard InChI is InChI=1S/6FH.H3N.Sn.2H/h6*1H;1H3;;;. The van der Waals surface area contributed by atoms with Crippen LogP contribution < -0.4 is 6.15 Å². The first-order chi connectivity index (χ1) is 0. The monoisotopic (exact) mass is 259 g/mol. The van der Waals surface area contributed by atoms with Crippen LogP contribution in [0.15, 0.2) is 0 Å². The van der Waals surface area contributed by atoms with Crippen LogP contribution in [0.1, 0.15) is 0 Å². The van der Waals surface area contributed by atoms with Gasteiger partial charge in [0.25, 0.3) is 0 Å². The molecule has 3 N–H and O–H groups in total. The molecule has 0 unspecified atom stereocenters. The van der Waals surface area contributed by atoms with Crippen molar-refractivity contribution in [1.82, 2.24) is 6.15 Å². The molecular formula is H11F6NSn. The Morgan fingerprint density at radius 3 is 0.375 bits per heavy atom. The van der Waals surface area contributed by atoms with Crippen molar-refractivity contribution in [2.45, 2.75) is 0 Å². The fourth-order valence-electron chi connectivity index (χ4n) is 0. The van der Waals surface area contributed by atoms with Gasteiger partial charge in [0.15, 0.2) is 0 Å². The van der Waals surface area contributed by atoms with Gasteiger partial charge in [0.05, 0.1) is 0 Å². The van der Waals surface area contributed by atoms with Crippen LogP contribution in [0.4, 0.5) is 28.2 Å². The molecule has 0 heterocycles. The zero-order valence-corrected chi connectivity index (χ0v) is 7.90. The molecule has 0 aliphatic carbocycles. The Hall–Kier alpha value is 0.339. The maximum atomic E-state index is 0. The first-order valence-corrected chi connectivity index (χ1v) is 0. The molecule has 0 aliphatic rings. The predicted molar refractivity (Wildman–Crippen MR) is 28.6 cm³/mol. The molecule has 0 fully saturated rings. The van der Waals surface area contributed by atoms with E-state index in [1.807, 2.05) is 0 Å². The average Bonchev–Trinajstić information content (AvgIpc) is 0. The Morgan fingerprint density at radius 2 is 0.375 bits per heavy atom. The molecule has 0 spiro atoms. The van der Waals surface area contributed by atoms with E-state index in [4.69, 9.17) is 0 Å². The third-order valence-corrected chi connectivity index (χ3v) is 0. The van der Waals surface area contributed by atoms with Gasteiger partial charge in [0, 0.05) is 0 Å². The van der Waals surface area contributed by atoms with Gasteiger partial charge in [-0.15, -0.1) is 0 Å². The molecule has 1 nitrogen and oxygen atoms in total. The van der Waals surface area contributed by atoms with Gasteiger partial charge in [-0.3, -0.25) is 28.2 Å². The van der Waals surface area contributed by atoms with Crippen LogP contribution in [0.3, 0.4) is 0 Å². The van der Waals surface area contributed by atoms with Crippen LogP contribution in [-0.2, 0) is 0 Å². The van der Waals surface area contributed by atoms with Crippen molar-refractivity contribution in [1.29, 1.82) is 0 Å². The molecule has 0 saturated heterocycles. The summed E-state index contributed by atoms with van der Waals surface area (Å²) in [6.07, 6.45) is 0. The molecule has 8 heavy (non-hydrogen) atoms. The molecule has 0 amide bonds. The molecule has 0 aliphatic heterocycles. The van der Waals surface area contributed by atoms with Crippen molar-refractivity contribution in [2.24, 2.45) is 0 Å². The van der Waals surface area contributed by atoms with Crippen LogP contribution in [-0.4, -0.2) is 23.9 Å². The van der Waals surface area contributed by atoms with Crippen molar-refractivity contribution in [2.75, 3.05) is 0 Å². The van der Waals surface area contributed by atoms with Crippen LogP contribution in [0.25, 0.3) is 0 Å². The Labute approximate surface area is 59.0 Å². The molecule has 0 bridgehead atoms. The second-order valence-corrected chi connectivity index (χ2v) is 0. The number of hydrogen-bond acceptors (Lipinski definition) is 1. The summed E-state index contributed by atoms with van der Waals surface area (Å²) in [6.45, 7) is 0. The molecule has 0 saturated carbocycles. The second-order valence-electron chi connectivity index (χ2n) is 0. The van der Waals surface area contributed by atoms with Gasteiger partial charge < -0.3 is 6.15 Å². The second kappa shape index (κ2) is 2570. The van der Waals surface area contributed by atoms with Crippen molar-refractivity contribution in [3.8, 4) is 0 Å². The fraction of sp³-hybridized carbons (Fsp3) is 0. The first-order valence-electron chi connectivity index (χ1n) is 0. The quantitative estimate of drug-likeness (QED) is 0.487. The van der Waals surface area contributed by atoms with E-state index < -0.39 is 0 Å². The van der Waals surface area contributed by atoms with E-state index in [0.29, 0.717) is 0 Å². The van der Waals surface area contributed by atoms with E-state index in [1.165, 1.54) is 0 Å². The summed E-state index contributed by atoms with van der Waals surface area (Å²) in [4.78, 5) is 0. The van der Waals surface area contributed by atoms with Crippen molar-refractivity contribution < 1.29 is 28.2 Å². The third-order valence-electron chi connectivity index (χ3n) is 0. The average molecular weight is 258 g/mol. The Bertz CT molecular complexity index is 8.49. The minimum atomic E-state index is 0. The van der Waals surface area contributed by atoms with Gasteiger partial charge >= 0.3 is 23.9 Å².